The summed E-state index contributed by atoms with van der Waals surface area (Å²) in [5, 5.41) is 8.65. The van der Waals surface area contributed by atoms with E-state index < -0.39 is 0 Å². The van der Waals surface area contributed by atoms with Crippen LogP contribution in [0.5, 0.6) is 0 Å². The first kappa shape index (κ1) is 19.1. The number of rotatable bonds is 7. The molecule has 0 radical (unpaired) electrons. The molecule has 3 aromatic rings. The maximum Gasteiger partial charge on any atom is 0.249 e. The van der Waals surface area contributed by atoms with Crippen molar-refractivity contribution >= 4 is 17.5 Å². The molecule has 5 nitrogen and oxygen atoms in total. The fourth-order valence-electron chi connectivity index (χ4n) is 2.79. The molecule has 6 heteroatoms. The number of amides is 1. The molecule has 1 heterocycles. The Bertz CT molecular complexity index is 893. The van der Waals surface area contributed by atoms with Crippen LogP contribution in [0.3, 0.4) is 0 Å². The van der Waals surface area contributed by atoms with Crippen LogP contribution in [-0.4, -0.2) is 27.0 Å². The predicted octanol–water partition coefficient (Wildman–Crippen LogP) is 4.76. The first-order valence-corrected chi connectivity index (χ1v) is 9.33. The molecule has 0 aliphatic heterocycles. The van der Waals surface area contributed by atoms with Crippen LogP contribution in [0, 0.1) is 0 Å². The largest absolute Gasteiger partial charge is 0.421 e. The van der Waals surface area contributed by atoms with Crippen LogP contribution in [0.15, 0.2) is 59.0 Å². The second-order valence-electron chi connectivity index (χ2n) is 6.58. The lowest BCUT2D eigenvalue weighted by molar-refractivity contribution is -0.133. The number of hydrogen-bond donors (Lipinski definition) is 0. The highest BCUT2D eigenvalue weighted by Crippen LogP contribution is 2.26. The monoisotopic (exact) mass is 383 g/mol. The number of hydrogen-bond acceptors (Lipinski definition) is 4. The van der Waals surface area contributed by atoms with E-state index in [1.165, 1.54) is 0 Å². The van der Waals surface area contributed by atoms with Crippen molar-refractivity contribution in [2.75, 3.05) is 0 Å². The maximum absolute atomic E-state index is 12.7. The average molecular weight is 384 g/mol. The third-order valence-corrected chi connectivity index (χ3v) is 4.59. The molecule has 27 heavy (non-hydrogen) atoms. The molecule has 2 aromatic carbocycles. The molecule has 0 atom stereocenters. The zero-order valence-corrected chi connectivity index (χ0v) is 16.2. The summed E-state index contributed by atoms with van der Waals surface area (Å²) in [6, 6.07) is 17.4. The molecule has 0 saturated heterocycles. The van der Waals surface area contributed by atoms with Gasteiger partial charge in [0.1, 0.15) is 0 Å². The summed E-state index contributed by atoms with van der Waals surface area (Å²) < 4.78 is 5.68. The molecule has 3 rings (SSSR count). The summed E-state index contributed by atoms with van der Waals surface area (Å²) in [6.45, 7) is 4.62. The van der Waals surface area contributed by atoms with Crippen LogP contribution < -0.4 is 0 Å². The Morgan fingerprint density at radius 2 is 1.78 bits per heavy atom. The third-order valence-electron chi connectivity index (χ3n) is 4.26. The van der Waals surface area contributed by atoms with Crippen LogP contribution in [0.1, 0.15) is 31.7 Å². The topological polar surface area (TPSA) is 59.2 Å². The summed E-state index contributed by atoms with van der Waals surface area (Å²) in [6.07, 6.45) is 0.712. The first-order valence-electron chi connectivity index (χ1n) is 8.95. The van der Waals surface area contributed by atoms with E-state index in [-0.39, 0.29) is 11.9 Å². The SMILES string of the molecule is CC(C)N(Cc1ccccc1)C(=O)CCc1nnc(-c2ccccc2Cl)o1. The molecule has 1 amide bonds. The van der Waals surface area contributed by atoms with Crippen LogP contribution in [0.2, 0.25) is 5.02 Å². The van der Waals surface area contributed by atoms with Gasteiger partial charge in [-0.1, -0.05) is 54.1 Å². The second-order valence-corrected chi connectivity index (χ2v) is 6.99. The van der Waals surface area contributed by atoms with Gasteiger partial charge in [-0.2, -0.15) is 0 Å². The summed E-state index contributed by atoms with van der Waals surface area (Å²) in [7, 11) is 0. The van der Waals surface area contributed by atoms with Gasteiger partial charge in [-0.05, 0) is 31.5 Å². The van der Waals surface area contributed by atoms with E-state index in [0.717, 1.165) is 5.56 Å². The number of aryl methyl sites for hydroxylation is 1. The fraction of sp³-hybridized carbons (Fsp3) is 0.286. The molecule has 0 aliphatic carbocycles. The van der Waals surface area contributed by atoms with Crippen molar-refractivity contribution in [3.63, 3.8) is 0 Å². The Kier molecular flexibility index (Phi) is 6.24. The Morgan fingerprint density at radius 3 is 2.48 bits per heavy atom. The van der Waals surface area contributed by atoms with E-state index in [4.69, 9.17) is 16.0 Å². The molecule has 0 fully saturated rings. The number of carbonyl (C=O) groups excluding carboxylic acids is 1. The molecule has 0 spiro atoms. The van der Waals surface area contributed by atoms with Gasteiger partial charge in [0.25, 0.3) is 0 Å². The highest BCUT2D eigenvalue weighted by molar-refractivity contribution is 6.33. The summed E-state index contributed by atoms with van der Waals surface area (Å²) in [4.78, 5) is 14.6. The van der Waals surface area contributed by atoms with Crippen LogP contribution in [-0.2, 0) is 17.8 Å². The number of nitrogens with zero attached hydrogens (tertiary/aromatic N) is 3. The van der Waals surface area contributed by atoms with E-state index in [1.807, 2.05) is 67.3 Å². The minimum atomic E-state index is 0.0614. The van der Waals surface area contributed by atoms with E-state index in [1.54, 1.807) is 6.07 Å². The van der Waals surface area contributed by atoms with Gasteiger partial charge in [0.15, 0.2) is 0 Å². The fourth-order valence-corrected chi connectivity index (χ4v) is 3.01. The Morgan fingerprint density at radius 1 is 1.07 bits per heavy atom. The molecule has 0 saturated carbocycles. The van der Waals surface area contributed by atoms with Crippen LogP contribution in [0.25, 0.3) is 11.5 Å². The van der Waals surface area contributed by atoms with Gasteiger partial charge in [0, 0.05) is 25.4 Å². The summed E-state index contributed by atoms with van der Waals surface area (Å²) >= 11 is 6.16. The lowest BCUT2D eigenvalue weighted by Gasteiger charge is -2.27. The first-order chi connectivity index (χ1) is 13.0. The van der Waals surface area contributed by atoms with Gasteiger partial charge in [0.05, 0.1) is 10.6 Å². The van der Waals surface area contributed by atoms with E-state index in [9.17, 15) is 4.79 Å². The van der Waals surface area contributed by atoms with E-state index in [0.29, 0.717) is 41.8 Å². The van der Waals surface area contributed by atoms with Crippen LogP contribution in [0.4, 0.5) is 0 Å². The lowest BCUT2D eigenvalue weighted by Crippen LogP contribution is -2.36. The van der Waals surface area contributed by atoms with Crippen molar-refractivity contribution in [3.05, 3.63) is 71.1 Å². The quantitative estimate of drug-likeness (QED) is 0.590. The number of halogens is 1. The van der Waals surface area contributed by atoms with Crippen molar-refractivity contribution < 1.29 is 9.21 Å². The number of carbonyl (C=O) groups is 1. The molecule has 1 aromatic heterocycles. The van der Waals surface area contributed by atoms with Gasteiger partial charge in [-0.25, -0.2) is 0 Å². The summed E-state index contributed by atoms with van der Waals surface area (Å²) in [5.74, 6) is 0.862. The van der Waals surface area contributed by atoms with Crippen LogP contribution >= 0.6 is 11.6 Å². The smallest absolute Gasteiger partial charge is 0.249 e. The lowest BCUT2D eigenvalue weighted by atomic mass is 10.1. The van der Waals surface area contributed by atoms with Gasteiger partial charge in [-0.3, -0.25) is 4.79 Å². The molecule has 0 bridgehead atoms. The molecule has 0 unspecified atom stereocenters. The van der Waals surface area contributed by atoms with Crippen molar-refractivity contribution in [2.45, 2.75) is 39.3 Å². The van der Waals surface area contributed by atoms with Crippen molar-refractivity contribution in [2.24, 2.45) is 0 Å². The standard InChI is InChI=1S/C21H22ClN3O2/c1-15(2)25(14-16-8-4-3-5-9-16)20(26)13-12-19-23-24-21(27-19)17-10-6-7-11-18(17)22/h3-11,15H,12-14H2,1-2H3. The zero-order valence-electron chi connectivity index (χ0n) is 15.4. The molecule has 140 valence electrons. The molecular formula is C21H22ClN3O2. The zero-order chi connectivity index (χ0) is 19.2. The molecular weight excluding hydrogens is 362 g/mol. The highest BCUT2D eigenvalue weighted by Gasteiger charge is 2.19. The minimum absolute atomic E-state index is 0.0614. The van der Waals surface area contributed by atoms with Gasteiger partial charge >= 0.3 is 0 Å². The van der Waals surface area contributed by atoms with Crippen molar-refractivity contribution in [1.82, 2.24) is 15.1 Å². The maximum atomic E-state index is 12.7. The Labute approximate surface area is 164 Å². The minimum Gasteiger partial charge on any atom is -0.421 e. The summed E-state index contributed by atoms with van der Waals surface area (Å²) in [5.41, 5.74) is 1.80. The predicted molar refractivity (Wildman–Crippen MR) is 105 cm³/mol. The second kappa shape index (κ2) is 8.82. The van der Waals surface area contributed by atoms with Crippen molar-refractivity contribution in [1.29, 1.82) is 0 Å². The van der Waals surface area contributed by atoms with E-state index in [2.05, 4.69) is 10.2 Å². The highest BCUT2D eigenvalue weighted by atomic mass is 35.5. The van der Waals surface area contributed by atoms with Gasteiger partial charge in [-0.15, -0.1) is 10.2 Å². The average Bonchev–Trinajstić information content (AvgIpc) is 3.14. The van der Waals surface area contributed by atoms with E-state index >= 15 is 0 Å². The Hall–Kier alpha value is -2.66. The van der Waals surface area contributed by atoms with Gasteiger partial charge < -0.3 is 9.32 Å². The normalized spacial score (nSPS) is 11.0. The molecule has 0 N–H and O–H groups in total. The van der Waals surface area contributed by atoms with Crippen molar-refractivity contribution in [3.8, 4) is 11.5 Å². The Balaban J connectivity index is 1.63. The molecule has 0 aliphatic rings. The van der Waals surface area contributed by atoms with Gasteiger partial charge in [0.2, 0.25) is 17.7 Å². The number of benzene rings is 2. The third kappa shape index (κ3) is 4.95. The number of aromatic nitrogens is 2.